The zero-order valence-electron chi connectivity index (χ0n) is 10.8. The molecule has 0 atom stereocenters. The van der Waals surface area contributed by atoms with E-state index < -0.39 is 0 Å². The lowest BCUT2D eigenvalue weighted by molar-refractivity contribution is 0.281. The molecule has 0 radical (unpaired) electrons. The Labute approximate surface area is 111 Å². The predicted molar refractivity (Wildman–Crippen MR) is 70.9 cm³/mol. The molecule has 0 aliphatic heterocycles. The molecule has 0 unspecified atom stereocenters. The Kier molecular flexibility index (Phi) is 3.79. The van der Waals surface area contributed by atoms with E-state index in [1.165, 1.54) is 0 Å². The van der Waals surface area contributed by atoms with E-state index in [2.05, 4.69) is 11.1 Å². The van der Waals surface area contributed by atoms with Crippen LogP contribution in [0.2, 0.25) is 0 Å². The van der Waals surface area contributed by atoms with Crippen molar-refractivity contribution < 1.29 is 9.84 Å². The Morgan fingerprint density at radius 1 is 1.32 bits per heavy atom. The van der Waals surface area contributed by atoms with E-state index in [9.17, 15) is 0 Å². The minimum Gasteiger partial charge on any atom is -0.438 e. The zero-order valence-corrected chi connectivity index (χ0v) is 10.8. The molecule has 0 amide bonds. The van der Waals surface area contributed by atoms with Crippen LogP contribution in [0.25, 0.3) is 0 Å². The van der Waals surface area contributed by atoms with Gasteiger partial charge in [0.05, 0.1) is 6.61 Å². The van der Waals surface area contributed by atoms with Crippen LogP contribution in [0.5, 0.6) is 11.6 Å². The molecule has 19 heavy (non-hydrogen) atoms. The topological polar surface area (TPSA) is 66.1 Å². The number of pyridine rings is 1. The Morgan fingerprint density at radius 3 is 2.79 bits per heavy atom. The molecule has 0 spiro atoms. The predicted octanol–water partition coefficient (Wildman–Crippen LogP) is 2.85. The molecule has 1 aromatic carbocycles. The van der Waals surface area contributed by atoms with Gasteiger partial charge in [-0.15, -0.1) is 0 Å². The highest BCUT2D eigenvalue weighted by molar-refractivity contribution is 5.47. The third-order valence-electron chi connectivity index (χ3n) is 2.72. The van der Waals surface area contributed by atoms with Crippen molar-refractivity contribution in [2.45, 2.75) is 20.5 Å². The maximum absolute atomic E-state index is 9.16. The number of ether oxygens (including phenoxy) is 1. The highest BCUT2D eigenvalue weighted by Crippen LogP contribution is 2.26. The minimum absolute atomic E-state index is 0.0530. The Morgan fingerprint density at radius 2 is 2.11 bits per heavy atom. The average Bonchev–Trinajstić information content (AvgIpc) is 2.38. The second kappa shape index (κ2) is 5.51. The summed E-state index contributed by atoms with van der Waals surface area (Å²) in [4.78, 5) is 4.25. The zero-order chi connectivity index (χ0) is 13.8. The molecule has 2 aromatic rings. The molecule has 2 rings (SSSR count). The highest BCUT2D eigenvalue weighted by atomic mass is 16.5. The summed E-state index contributed by atoms with van der Waals surface area (Å²) in [6.45, 7) is 3.65. The highest BCUT2D eigenvalue weighted by Gasteiger charge is 2.11. The number of nitriles is 1. The summed E-state index contributed by atoms with van der Waals surface area (Å²) in [6.07, 6.45) is 0. The van der Waals surface area contributed by atoms with E-state index in [-0.39, 0.29) is 6.61 Å². The van der Waals surface area contributed by atoms with E-state index in [1.807, 2.05) is 19.9 Å². The Bertz CT molecular complexity index is 645. The van der Waals surface area contributed by atoms with Gasteiger partial charge in [-0.1, -0.05) is 12.1 Å². The molecule has 0 aliphatic rings. The molecule has 0 saturated heterocycles. The first kappa shape index (κ1) is 13.1. The van der Waals surface area contributed by atoms with Crippen LogP contribution < -0.4 is 4.74 Å². The van der Waals surface area contributed by atoms with Gasteiger partial charge >= 0.3 is 0 Å². The number of hydrogen-bond acceptors (Lipinski definition) is 4. The maximum atomic E-state index is 9.16. The fraction of sp³-hybridized carbons (Fsp3) is 0.200. The van der Waals surface area contributed by atoms with Crippen LogP contribution in [0.15, 0.2) is 30.3 Å². The van der Waals surface area contributed by atoms with Crippen LogP contribution in [-0.2, 0) is 6.61 Å². The molecule has 0 fully saturated rings. The van der Waals surface area contributed by atoms with Crippen molar-refractivity contribution in [3.8, 4) is 17.7 Å². The van der Waals surface area contributed by atoms with E-state index in [0.717, 1.165) is 16.8 Å². The minimum atomic E-state index is -0.0530. The summed E-state index contributed by atoms with van der Waals surface area (Å²) in [6, 6.07) is 11.0. The molecular formula is C15H14N2O2. The first-order valence-corrected chi connectivity index (χ1v) is 5.90. The standard InChI is InChI=1S/C15H14N2O2/c1-10-6-11(2)17-15(14(10)8-16)19-13-5-3-4-12(7-13)9-18/h3-7,18H,9H2,1-2H3. The van der Waals surface area contributed by atoms with Crippen LogP contribution in [0, 0.1) is 25.2 Å². The fourth-order valence-corrected chi connectivity index (χ4v) is 1.83. The number of nitrogens with zero attached hydrogens (tertiary/aromatic N) is 2. The molecular weight excluding hydrogens is 240 g/mol. The quantitative estimate of drug-likeness (QED) is 0.914. The summed E-state index contributed by atoms with van der Waals surface area (Å²) in [7, 11) is 0. The van der Waals surface area contributed by atoms with Crippen LogP contribution in [0.1, 0.15) is 22.4 Å². The van der Waals surface area contributed by atoms with Crippen molar-refractivity contribution in [1.29, 1.82) is 5.26 Å². The third-order valence-corrected chi connectivity index (χ3v) is 2.72. The lowest BCUT2D eigenvalue weighted by Gasteiger charge is -2.09. The molecule has 0 bridgehead atoms. The van der Waals surface area contributed by atoms with Gasteiger partial charge in [0.15, 0.2) is 0 Å². The molecule has 1 N–H and O–H groups in total. The summed E-state index contributed by atoms with van der Waals surface area (Å²) in [5, 5.41) is 18.3. The fourth-order valence-electron chi connectivity index (χ4n) is 1.83. The number of rotatable bonds is 3. The van der Waals surface area contributed by atoms with Crippen LogP contribution in [0.4, 0.5) is 0 Å². The number of aliphatic hydroxyl groups is 1. The summed E-state index contributed by atoms with van der Waals surface area (Å²) in [5.74, 6) is 0.857. The third kappa shape index (κ3) is 2.90. The summed E-state index contributed by atoms with van der Waals surface area (Å²) in [5.41, 5.74) is 2.81. The average molecular weight is 254 g/mol. The second-order valence-electron chi connectivity index (χ2n) is 4.28. The van der Waals surface area contributed by atoms with E-state index in [4.69, 9.17) is 15.1 Å². The van der Waals surface area contributed by atoms with Crippen molar-refractivity contribution in [1.82, 2.24) is 4.98 Å². The largest absolute Gasteiger partial charge is 0.438 e. The van der Waals surface area contributed by atoms with Gasteiger partial charge in [0, 0.05) is 5.69 Å². The van der Waals surface area contributed by atoms with Crippen LogP contribution in [-0.4, -0.2) is 10.1 Å². The van der Waals surface area contributed by atoms with Crippen molar-refractivity contribution in [2.75, 3.05) is 0 Å². The first-order valence-electron chi connectivity index (χ1n) is 5.90. The van der Waals surface area contributed by atoms with Gasteiger partial charge in [0.2, 0.25) is 5.88 Å². The van der Waals surface area contributed by atoms with Gasteiger partial charge in [-0.3, -0.25) is 0 Å². The van der Waals surface area contributed by atoms with Gasteiger partial charge in [-0.25, -0.2) is 4.98 Å². The van der Waals surface area contributed by atoms with Crippen LogP contribution >= 0.6 is 0 Å². The number of aliphatic hydroxyl groups excluding tert-OH is 1. The van der Waals surface area contributed by atoms with Crippen molar-refractivity contribution in [3.05, 3.63) is 52.7 Å². The number of aromatic nitrogens is 1. The Hall–Kier alpha value is -2.38. The molecule has 1 aromatic heterocycles. The lowest BCUT2D eigenvalue weighted by Crippen LogP contribution is -1.97. The molecule has 4 nitrogen and oxygen atoms in total. The number of hydrogen-bond donors (Lipinski definition) is 1. The summed E-state index contributed by atoms with van der Waals surface area (Å²) < 4.78 is 5.66. The van der Waals surface area contributed by atoms with Gasteiger partial charge < -0.3 is 9.84 Å². The van der Waals surface area contributed by atoms with Crippen molar-refractivity contribution >= 4 is 0 Å². The smallest absolute Gasteiger partial charge is 0.237 e. The maximum Gasteiger partial charge on any atom is 0.237 e. The van der Waals surface area contributed by atoms with Gasteiger partial charge in [0.1, 0.15) is 17.4 Å². The molecule has 0 aliphatic carbocycles. The molecule has 96 valence electrons. The second-order valence-corrected chi connectivity index (χ2v) is 4.28. The SMILES string of the molecule is Cc1cc(C)c(C#N)c(Oc2cccc(CO)c2)n1. The van der Waals surface area contributed by atoms with Gasteiger partial charge in [-0.2, -0.15) is 5.26 Å². The molecule has 1 heterocycles. The summed E-state index contributed by atoms with van der Waals surface area (Å²) >= 11 is 0. The van der Waals surface area contributed by atoms with Crippen LogP contribution in [0.3, 0.4) is 0 Å². The lowest BCUT2D eigenvalue weighted by atomic mass is 10.1. The number of benzene rings is 1. The Balaban J connectivity index is 2.40. The molecule has 0 saturated carbocycles. The van der Waals surface area contributed by atoms with Crippen molar-refractivity contribution in [3.63, 3.8) is 0 Å². The van der Waals surface area contributed by atoms with E-state index in [0.29, 0.717) is 17.2 Å². The first-order chi connectivity index (χ1) is 9.13. The number of aryl methyl sites for hydroxylation is 2. The van der Waals surface area contributed by atoms with Gasteiger partial charge in [0.25, 0.3) is 0 Å². The monoisotopic (exact) mass is 254 g/mol. The molecule has 4 heteroatoms. The normalized spacial score (nSPS) is 10.0. The van der Waals surface area contributed by atoms with E-state index in [1.54, 1.807) is 24.3 Å². The van der Waals surface area contributed by atoms with Gasteiger partial charge in [-0.05, 0) is 43.2 Å². The van der Waals surface area contributed by atoms with Crippen molar-refractivity contribution in [2.24, 2.45) is 0 Å². The van der Waals surface area contributed by atoms with E-state index >= 15 is 0 Å².